The number of hydrogen-bond acceptors (Lipinski definition) is 5. The maximum Gasteiger partial charge on any atom is 0.410 e. The first kappa shape index (κ1) is 22.9. The molecule has 0 bridgehead atoms. The normalized spacial score (nSPS) is 19.4. The fourth-order valence-electron chi connectivity index (χ4n) is 5.49. The SMILES string of the molecule is Cc1cn2nc(-c3cc(F)c4nn([C@H]5CCN(C(=O)OC(C)(C)C)C6(CC6)C5)cc4c3)cc2c(C)n1. The summed E-state index contributed by atoms with van der Waals surface area (Å²) in [6.07, 6.45) is 7.03. The summed E-state index contributed by atoms with van der Waals surface area (Å²) in [7, 11) is 0. The van der Waals surface area contributed by atoms with Crippen LogP contribution in [0.1, 0.15) is 63.9 Å². The lowest BCUT2D eigenvalue weighted by Crippen LogP contribution is -2.50. The fraction of sp³-hybridized carbons (Fsp3) is 0.481. The number of piperidine rings is 1. The van der Waals surface area contributed by atoms with Crippen LogP contribution >= 0.6 is 0 Å². The molecule has 1 aromatic carbocycles. The van der Waals surface area contributed by atoms with E-state index in [9.17, 15) is 4.79 Å². The van der Waals surface area contributed by atoms with Crippen molar-refractivity contribution in [3.05, 3.63) is 47.8 Å². The molecule has 1 saturated heterocycles. The number of aryl methyl sites for hydroxylation is 2. The standard InChI is InChI=1S/C27H31FN6O2/c1-16-14-34-23(17(2)29-16)12-22(30-34)18-10-19-15-33(31-24(19)21(28)11-18)20-6-9-32(27(13-20)7-8-27)25(35)36-26(3,4)5/h10-12,14-15,20H,6-9,13H2,1-5H3/t20-/m0/s1. The maximum atomic E-state index is 15.2. The molecular weight excluding hydrogens is 459 g/mol. The Balaban J connectivity index is 1.29. The van der Waals surface area contributed by atoms with E-state index < -0.39 is 5.60 Å². The highest BCUT2D eigenvalue weighted by molar-refractivity contribution is 5.85. The van der Waals surface area contributed by atoms with Crippen molar-refractivity contribution in [2.45, 2.75) is 77.5 Å². The monoisotopic (exact) mass is 490 g/mol. The summed E-state index contributed by atoms with van der Waals surface area (Å²) in [6.45, 7) is 10.2. The number of aromatic nitrogens is 5. The van der Waals surface area contributed by atoms with Crippen LogP contribution in [0.4, 0.5) is 9.18 Å². The molecule has 1 atom stereocenters. The van der Waals surface area contributed by atoms with Crippen molar-refractivity contribution >= 4 is 22.5 Å². The van der Waals surface area contributed by atoms with Crippen molar-refractivity contribution < 1.29 is 13.9 Å². The lowest BCUT2D eigenvalue weighted by atomic mass is 9.95. The van der Waals surface area contributed by atoms with Crippen LogP contribution in [0.25, 0.3) is 27.7 Å². The van der Waals surface area contributed by atoms with E-state index in [0.717, 1.165) is 48.0 Å². The van der Waals surface area contributed by atoms with Crippen molar-refractivity contribution in [2.75, 3.05) is 6.54 Å². The summed E-state index contributed by atoms with van der Waals surface area (Å²) in [5.74, 6) is -0.364. The number of carbonyl (C=O) groups excluding carboxylic acids is 1. The highest BCUT2D eigenvalue weighted by atomic mass is 19.1. The number of ether oxygens (including phenoxy) is 1. The molecule has 1 spiro atoms. The molecule has 8 nitrogen and oxygen atoms in total. The van der Waals surface area contributed by atoms with Gasteiger partial charge in [0.05, 0.1) is 34.8 Å². The van der Waals surface area contributed by atoms with Crippen LogP contribution in [0.5, 0.6) is 0 Å². The first-order valence-electron chi connectivity index (χ1n) is 12.5. The Morgan fingerprint density at radius 1 is 1.14 bits per heavy atom. The van der Waals surface area contributed by atoms with Crippen molar-refractivity contribution in [2.24, 2.45) is 0 Å². The number of nitrogens with zero attached hydrogens (tertiary/aromatic N) is 6. The predicted octanol–water partition coefficient (Wildman–Crippen LogP) is 5.61. The molecule has 36 heavy (non-hydrogen) atoms. The summed E-state index contributed by atoms with van der Waals surface area (Å²) in [4.78, 5) is 19.2. The van der Waals surface area contributed by atoms with Gasteiger partial charge in [-0.1, -0.05) is 0 Å². The number of hydrogen-bond donors (Lipinski definition) is 0. The molecule has 4 aromatic rings. The molecule has 6 rings (SSSR count). The van der Waals surface area contributed by atoms with E-state index in [1.165, 1.54) is 6.07 Å². The summed E-state index contributed by atoms with van der Waals surface area (Å²) in [5, 5.41) is 10.0. The molecule has 3 aromatic heterocycles. The van der Waals surface area contributed by atoms with Crippen LogP contribution < -0.4 is 0 Å². The minimum atomic E-state index is -0.520. The van der Waals surface area contributed by atoms with Gasteiger partial charge < -0.3 is 9.64 Å². The number of benzene rings is 1. The zero-order valence-corrected chi connectivity index (χ0v) is 21.4. The Morgan fingerprint density at radius 3 is 2.64 bits per heavy atom. The Hall–Kier alpha value is -3.49. The van der Waals surface area contributed by atoms with E-state index in [2.05, 4.69) is 15.2 Å². The molecule has 188 valence electrons. The van der Waals surface area contributed by atoms with Gasteiger partial charge in [0, 0.05) is 29.2 Å². The van der Waals surface area contributed by atoms with E-state index in [1.54, 1.807) is 4.52 Å². The van der Waals surface area contributed by atoms with Crippen molar-refractivity contribution in [1.82, 2.24) is 29.3 Å². The second kappa shape index (κ2) is 7.75. The van der Waals surface area contributed by atoms with Gasteiger partial charge >= 0.3 is 6.09 Å². The van der Waals surface area contributed by atoms with Crippen LogP contribution in [0.2, 0.25) is 0 Å². The average Bonchev–Trinajstić information content (AvgIpc) is 3.20. The number of carbonyl (C=O) groups is 1. The Morgan fingerprint density at radius 2 is 1.92 bits per heavy atom. The van der Waals surface area contributed by atoms with Gasteiger partial charge in [-0.15, -0.1) is 0 Å². The van der Waals surface area contributed by atoms with Crippen molar-refractivity contribution in [3.63, 3.8) is 0 Å². The summed E-state index contributed by atoms with van der Waals surface area (Å²) in [5.41, 5.74) is 3.73. The third-order valence-electron chi connectivity index (χ3n) is 7.32. The third kappa shape index (κ3) is 3.90. The van der Waals surface area contributed by atoms with Gasteiger partial charge in [-0.25, -0.2) is 13.7 Å². The van der Waals surface area contributed by atoms with Gasteiger partial charge in [0.25, 0.3) is 0 Å². The number of fused-ring (bicyclic) bond motifs is 2. The van der Waals surface area contributed by atoms with Crippen LogP contribution in [0.15, 0.2) is 30.6 Å². The number of rotatable bonds is 2. The summed E-state index contributed by atoms with van der Waals surface area (Å²) in [6, 6.07) is 5.50. The van der Waals surface area contributed by atoms with Gasteiger partial charge in [0.2, 0.25) is 0 Å². The Kier molecular flexibility index (Phi) is 4.94. The van der Waals surface area contributed by atoms with Gasteiger partial charge in [-0.05, 0) is 78.5 Å². The van der Waals surface area contributed by atoms with Crippen LogP contribution in [0, 0.1) is 19.7 Å². The topological polar surface area (TPSA) is 77.6 Å². The van der Waals surface area contributed by atoms with Crippen LogP contribution in [-0.4, -0.2) is 53.1 Å². The second-order valence-corrected chi connectivity index (χ2v) is 11.3. The van der Waals surface area contributed by atoms with E-state index in [0.29, 0.717) is 23.3 Å². The molecule has 4 heterocycles. The molecule has 1 aliphatic carbocycles. The number of amides is 1. The molecule has 9 heteroatoms. The molecule has 1 amide bonds. The lowest BCUT2D eigenvalue weighted by Gasteiger charge is -2.40. The van der Waals surface area contributed by atoms with Gasteiger partial charge in [-0.3, -0.25) is 9.67 Å². The number of halogens is 1. The van der Waals surface area contributed by atoms with Crippen LogP contribution in [-0.2, 0) is 4.74 Å². The minimum Gasteiger partial charge on any atom is -0.444 e. The second-order valence-electron chi connectivity index (χ2n) is 11.3. The molecule has 0 radical (unpaired) electrons. The molecule has 2 fully saturated rings. The van der Waals surface area contributed by atoms with Gasteiger partial charge in [-0.2, -0.15) is 10.2 Å². The van der Waals surface area contributed by atoms with E-state index in [-0.39, 0.29) is 23.5 Å². The molecule has 0 N–H and O–H groups in total. The predicted molar refractivity (Wildman–Crippen MR) is 134 cm³/mol. The zero-order chi connectivity index (χ0) is 25.4. The quantitative estimate of drug-likeness (QED) is 0.365. The maximum absolute atomic E-state index is 15.2. The summed E-state index contributed by atoms with van der Waals surface area (Å²) < 4.78 is 24.6. The van der Waals surface area contributed by atoms with Crippen LogP contribution in [0.3, 0.4) is 0 Å². The van der Waals surface area contributed by atoms with Gasteiger partial charge in [0.1, 0.15) is 11.1 Å². The molecule has 0 unspecified atom stereocenters. The third-order valence-corrected chi connectivity index (χ3v) is 7.32. The highest BCUT2D eigenvalue weighted by Gasteiger charge is 2.54. The molecule has 1 saturated carbocycles. The lowest BCUT2D eigenvalue weighted by molar-refractivity contribution is 0.0000134. The van der Waals surface area contributed by atoms with Gasteiger partial charge in [0.15, 0.2) is 5.82 Å². The molecule has 2 aliphatic rings. The average molecular weight is 491 g/mol. The van der Waals surface area contributed by atoms with E-state index in [1.807, 2.05) is 68.7 Å². The van der Waals surface area contributed by atoms with E-state index in [4.69, 9.17) is 4.74 Å². The molecular formula is C27H31FN6O2. The Bertz CT molecular complexity index is 1510. The molecule has 1 aliphatic heterocycles. The Labute approximate surface area is 209 Å². The zero-order valence-electron chi connectivity index (χ0n) is 21.4. The highest BCUT2D eigenvalue weighted by Crippen LogP contribution is 2.51. The first-order valence-corrected chi connectivity index (χ1v) is 12.5. The smallest absolute Gasteiger partial charge is 0.410 e. The summed E-state index contributed by atoms with van der Waals surface area (Å²) >= 11 is 0. The van der Waals surface area contributed by atoms with Crippen molar-refractivity contribution in [3.8, 4) is 11.3 Å². The first-order chi connectivity index (χ1) is 17.0. The number of likely N-dealkylation sites (tertiary alicyclic amines) is 1. The van der Waals surface area contributed by atoms with E-state index >= 15 is 4.39 Å². The fourth-order valence-corrected chi connectivity index (χ4v) is 5.49. The minimum absolute atomic E-state index is 0.105. The largest absolute Gasteiger partial charge is 0.444 e. The van der Waals surface area contributed by atoms with Crippen molar-refractivity contribution in [1.29, 1.82) is 0 Å².